The van der Waals surface area contributed by atoms with Crippen molar-refractivity contribution in [3.63, 3.8) is 0 Å². The summed E-state index contributed by atoms with van der Waals surface area (Å²) in [5, 5.41) is 4.40. The van der Waals surface area contributed by atoms with Gasteiger partial charge in [-0.25, -0.2) is 9.67 Å². The number of rotatable bonds is 2. The summed E-state index contributed by atoms with van der Waals surface area (Å²) in [6.45, 7) is 2.06. The number of nitrogens with zero attached hydrogens (tertiary/aromatic N) is 3. The van der Waals surface area contributed by atoms with Crippen LogP contribution in [0, 0.1) is 6.92 Å². The van der Waals surface area contributed by atoms with Gasteiger partial charge in [0.25, 0.3) is 0 Å². The molecule has 4 nitrogen and oxygen atoms in total. The van der Waals surface area contributed by atoms with Crippen LogP contribution in [0.25, 0.3) is 28.2 Å². The summed E-state index contributed by atoms with van der Waals surface area (Å²) < 4.78 is 8.65. The van der Waals surface area contributed by atoms with Gasteiger partial charge in [-0.1, -0.05) is 34.1 Å². The first-order valence-corrected chi connectivity index (χ1v) is 7.67. The van der Waals surface area contributed by atoms with Crippen LogP contribution in [0.15, 0.2) is 63.7 Å². The summed E-state index contributed by atoms with van der Waals surface area (Å²) in [6, 6.07) is 13.9. The maximum absolute atomic E-state index is 5.77. The first-order chi connectivity index (χ1) is 10.7. The topological polar surface area (TPSA) is 43.9 Å². The lowest BCUT2D eigenvalue weighted by Crippen LogP contribution is -1.94. The van der Waals surface area contributed by atoms with Crippen molar-refractivity contribution >= 4 is 27.0 Å². The molecule has 0 spiro atoms. The summed E-state index contributed by atoms with van der Waals surface area (Å²) in [4.78, 5) is 4.49. The molecule has 0 fully saturated rings. The SMILES string of the molecule is Cc1ccc(-n2cc(-c3nc4ccccc4o3)cn2)cc1Br. The van der Waals surface area contributed by atoms with E-state index < -0.39 is 0 Å². The standard InChI is InChI=1S/C17H12BrN3O/c1-11-6-7-13(8-14(11)18)21-10-12(9-19-21)17-20-15-4-2-3-5-16(15)22-17/h2-10H,1H3. The predicted octanol–water partition coefficient (Wildman–Crippen LogP) is 4.75. The van der Waals surface area contributed by atoms with Crippen LogP contribution in [0.3, 0.4) is 0 Å². The van der Waals surface area contributed by atoms with Crippen molar-refractivity contribution in [1.29, 1.82) is 0 Å². The van der Waals surface area contributed by atoms with Crippen molar-refractivity contribution in [1.82, 2.24) is 14.8 Å². The van der Waals surface area contributed by atoms with Crippen LogP contribution in [0.4, 0.5) is 0 Å². The molecule has 0 saturated carbocycles. The zero-order valence-electron chi connectivity index (χ0n) is 11.8. The quantitative estimate of drug-likeness (QED) is 0.522. The highest BCUT2D eigenvalue weighted by Crippen LogP contribution is 2.25. The van der Waals surface area contributed by atoms with Crippen molar-refractivity contribution in [3.8, 4) is 17.1 Å². The van der Waals surface area contributed by atoms with E-state index in [-0.39, 0.29) is 0 Å². The fourth-order valence-electron chi connectivity index (χ4n) is 2.29. The molecule has 4 aromatic rings. The van der Waals surface area contributed by atoms with Crippen LogP contribution in [0.2, 0.25) is 0 Å². The second kappa shape index (κ2) is 5.10. The number of para-hydroxylation sites is 2. The van der Waals surface area contributed by atoms with E-state index in [4.69, 9.17) is 4.42 Å². The number of halogens is 1. The Kier molecular flexibility index (Phi) is 3.08. The Hall–Kier alpha value is -2.40. The highest BCUT2D eigenvalue weighted by molar-refractivity contribution is 9.10. The molecule has 0 N–H and O–H groups in total. The summed E-state index contributed by atoms with van der Waals surface area (Å²) >= 11 is 3.55. The maximum atomic E-state index is 5.77. The highest BCUT2D eigenvalue weighted by atomic mass is 79.9. The Morgan fingerprint density at radius 3 is 2.82 bits per heavy atom. The number of benzene rings is 2. The first-order valence-electron chi connectivity index (χ1n) is 6.88. The number of fused-ring (bicyclic) bond motifs is 1. The normalized spacial score (nSPS) is 11.2. The highest BCUT2D eigenvalue weighted by Gasteiger charge is 2.11. The predicted molar refractivity (Wildman–Crippen MR) is 89.0 cm³/mol. The third-order valence-corrected chi connectivity index (χ3v) is 4.40. The number of hydrogen-bond acceptors (Lipinski definition) is 3. The van der Waals surface area contributed by atoms with E-state index in [9.17, 15) is 0 Å². The molecular formula is C17H12BrN3O. The van der Waals surface area contributed by atoms with Crippen molar-refractivity contribution in [2.75, 3.05) is 0 Å². The average Bonchev–Trinajstić information content (AvgIpc) is 3.15. The molecule has 0 aliphatic carbocycles. The maximum Gasteiger partial charge on any atom is 0.230 e. The summed E-state index contributed by atoms with van der Waals surface area (Å²) in [5.41, 5.74) is 4.66. The number of oxazole rings is 1. The second-order valence-electron chi connectivity index (χ2n) is 5.09. The Morgan fingerprint density at radius 2 is 2.00 bits per heavy atom. The Balaban J connectivity index is 1.75. The molecule has 0 bridgehead atoms. The average molecular weight is 354 g/mol. The fraction of sp³-hybridized carbons (Fsp3) is 0.0588. The lowest BCUT2D eigenvalue weighted by molar-refractivity contribution is 0.620. The van der Waals surface area contributed by atoms with E-state index in [0.29, 0.717) is 5.89 Å². The fourth-order valence-corrected chi connectivity index (χ4v) is 2.66. The van der Waals surface area contributed by atoms with Gasteiger partial charge in [0.05, 0.1) is 17.4 Å². The molecule has 2 heterocycles. The smallest absolute Gasteiger partial charge is 0.230 e. The van der Waals surface area contributed by atoms with E-state index in [1.54, 1.807) is 6.20 Å². The van der Waals surface area contributed by atoms with Crippen LogP contribution in [0.1, 0.15) is 5.56 Å². The van der Waals surface area contributed by atoms with Gasteiger partial charge in [-0.15, -0.1) is 0 Å². The van der Waals surface area contributed by atoms with E-state index in [2.05, 4.69) is 39.0 Å². The molecule has 0 aliphatic rings. The van der Waals surface area contributed by atoms with E-state index in [1.807, 2.05) is 47.3 Å². The monoisotopic (exact) mass is 353 g/mol. The minimum Gasteiger partial charge on any atom is -0.436 e. The molecular weight excluding hydrogens is 342 g/mol. The van der Waals surface area contributed by atoms with Gasteiger partial charge in [-0.2, -0.15) is 5.10 Å². The molecule has 0 radical (unpaired) electrons. The van der Waals surface area contributed by atoms with Crippen LogP contribution in [-0.2, 0) is 0 Å². The third kappa shape index (κ3) is 2.23. The van der Waals surface area contributed by atoms with Gasteiger partial charge in [0.1, 0.15) is 5.52 Å². The summed E-state index contributed by atoms with van der Waals surface area (Å²) in [6.07, 6.45) is 3.68. The van der Waals surface area contributed by atoms with Gasteiger partial charge < -0.3 is 4.42 Å². The molecule has 2 aromatic carbocycles. The molecule has 2 aromatic heterocycles. The lowest BCUT2D eigenvalue weighted by Gasteiger charge is -2.03. The summed E-state index contributed by atoms with van der Waals surface area (Å²) in [5.74, 6) is 0.582. The molecule has 5 heteroatoms. The van der Waals surface area contributed by atoms with E-state index in [1.165, 1.54) is 5.56 Å². The zero-order valence-corrected chi connectivity index (χ0v) is 13.4. The van der Waals surface area contributed by atoms with Crippen molar-refractivity contribution in [2.45, 2.75) is 6.92 Å². The van der Waals surface area contributed by atoms with Crippen LogP contribution < -0.4 is 0 Å². The van der Waals surface area contributed by atoms with Crippen molar-refractivity contribution in [3.05, 3.63) is 64.9 Å². The van der Waals surface area contributed by atoms with Gasteiger partial charge in [-0.05, 0) is 36.8 Å². The van der Waals surface area contributed by atoms with Gasteiger partial charge in [0.2, 0.25) is 5.89 Å². The molecule has 0 saturated heterocycles. The van der Waals surface area contributed by atoms with Crippen molar-refractivity contribution in [2.24, 2.45) is 0 Å². The van der Waals surface area contributed by atoms with Gasteiger partial charge in [-0.3, -0.25) is 0 Å². The molecule has 0 amide bonds. The number of aromatic nitrogens is 3. The minimum atomic E-state index is 0.582. The van der Waals surface area contributed by atoms with Gasteiger partial charge in [0, 0.05) is 10.7 Å². The molecule has 4 rings (SSSR count). The minimum absolute atomic E-state index is 0.582. The second-order valence-corrected chi connectivity index (χ2v) is 5.95. The zero-order chi connectivity index (χ0) is 15.1. The van der Waals surface area contributed by atoms with Crippen LogP contribution in [0.5, 0.6) is 0 Å². The van der Waals surface area contributed by atoms with Crippen LogP contribution in [-0.4, -0.2) is 14.8 Å². The molecule has 0 aliphatic heterocycles. The first kappa shape index (κ1) is 13.3. The van der Waals surface area contributed by atoms with Crippen LogP contribution >= 0.6 is 15.9 Å². The number of hydrogen-bond donors (Lipinski definition) is 0. The Bertz CT molecular complexity index is 938. The van der Waals surface area contributed by atoms with Gasteiger partial charge in [0.15, 0.2) is 5.58 Å². The Morgan fingerprint density at radius 1 is 1.14 bits per heavy atom. The summed E-state index contributed by atoms with van der Waals surface area (Å²) in [7, 11) is 0. The van der Waals surface area contributed by atoms with Crippen molar-refractivity contribution < 1.29 is 4.42 Å². The van der Waals surface area contributed by atoms with E-state index >= 15 is 0 Å². The molecule has 0 unspecified atom stereocenters. The Labute approximate surface area is 135 Å². The lowest BCUT2D eigenvalue weighted by atomic mass is 10.2. The largest absolute Gasteiger partial charge is 0.436 e. The molecule has 0 atom stereocenters. The third-order valence-electron chi connectivity index (χ3n) is 3.54. The van der Waals surface area contributed by atoms with E-state index in [0.717, 1.165) is 26.8 Å². The van der Waals surface area contributed by atoms with Gasteiger partial charge >= 0.3 is 0 Å². The molecule has 22 heavy (non-hydrogen) atoms. The number of aryl methyl sites for hydroxylation is 1. The molecule has 108 valence electrons.